The van der Waals surface area contributed by atoms with Gasteiger partial charge in [0.1, 0.15) is 9.79 Å². The second-order valence-electron chi connectivity index (χ2n) is 5.88. The molecular weight excluding hydrogens is 438 g/mol. The zero-order valence-corrected chi connectivity index (χ0v) is 14.6. The average molecular weight is 450 g/mol. The largest absolute Gasteiger partial charge is 0.388 e. The van der Waals surface area contributed by atoms with Crippen LogP contribution in [0.4, 0.5) is 38.9 Å². The summed E-state index contributed by atoms with van der Waals surface area (Å²) < 4.78 is 129. The van der Waals surface area contributed by atoms with E-state index in [4.69, 9.17) is 0 Å². The molecule has 2 aromatic carbocycles. The van der Waals surface area contributed by atoms with Crippen LogP contribution in [0.15, 0.2) is 58.3 Å². The molecular formula is C14H12F10OS2. The molecule has 0 aromatic heterocycles. The third-order valence-electron chi connectivity index (χ3n) is 3.44. The second-order valence-corrected chi connectivity index (χ2v) is 10.7. The Bertz CT molecular complexity index is 826. The second kappa shape index (κ2) is 4.87. The monoisotopic (exact) mass is 450 g/mol. The molecule has 0 radical (unpaired) electrons. The van der Waals surface area contributed by atoms with E-state index in [1.54, 1.807) is 0 Å². The van der Waals surface area contributed by atoms with Crippen LogP contribution in [0.25, 0.3) is 0 Å². The van der Waals surface area contributed by atoms with Gasteiger partial charge in [-0.15, -0.1) is 0 Å². The quantitative estimate of drug-likeness (QED) is 0.455. The molecule has 2 rings (SSSR count). The zero-order valence-electron chi connectivity index (χ0n) is 12.9. The minimum Gasteiger partial charge on any atom is -0.388 e. The molecule has 13 heteroatoms. The zero-order chi connectivity index (χ0) is 21.1. The van der Waals surface area contributed by atoms with Gasteiger partial charge in [-0.3, -0.25) is 0 Å². The summed E-state index contributed by atoms with van der Waals surface area (Å²) in [5, 5.41) is 9.90. The molecule has 0 spiro atoms. The molecule has 156 valence electrons. The van der Waals surface area contributed by atoms with Gasteiger partial charge >= 0.3 is 20.4 Å². The van der Waals surface area contributed by atoms with E-state index in [0.29, 0.717) is 0 Å². The van der Waals surface area contributed by atoms with Gasteiger partial charge < -0.3 is 5.11 Å². The number of aliphatic hydroxyl groups excluding tert-OH is 1. The summed E-state index contributed by atoms with van der Waals surface area (Å²) in [5.41, 5.74) is -1.12. The predicted octanol–water partition coefficient (Wildman–Crippen LogP) is 8.28. The lowest BCUT2D eigenvalue weighted by molar-refractivity contribution is 0.178. The standard InChI is InChI=1S/C14H12F10OS2/c15-26(16,17,18,19)12-6-10(7-13(9-12)27(20,21,22,23)24)8-14(25)11-4-2-1-3-5-11/h1-7,9,14,25H,8H2. The molecule has 1 nitrogen and oxygen atoms in total. The number of rotatable bonds is 5. The van der Waals surface area contributed by atoms with Crippen LogP contribution in [0.1, 0.15) is 17.2 Å². The van der Waals surface area contributed by atoms with Crippen molar-refractivity contribution in [1.82, 2.24) is 0 Å². The third kappa shape index (κ3) is 5.69. The van der Waals surface area contributed by atoms with Crippen LogP contribution in [0.5, 0.6) is 0 Å². The average Bonchev–Trinajstić information content (AvgIpc) is 2.43. The molecule has 0 heterocycles. The van der Waals surface area contributed by atoms with E-state index >= 15 is 0 Å². The maximum Gasteiger partial charge on any atom is 0.310 e. The summed E-state index contributed by atoms with van der Waals surface area (Å²) in [5.74, 6) is 0. The first-order valence-electron chi connectivity index (χ1n) is 6.90. The van der Waals surface area contributed by atoms with Crippen molar-refractivity contribution in [2.24, 2.45) is 0 Å². The van der Waals surface area contributed by atoms with E-state index < -0.39 is 54.4 Å². The highest BCUT2D eigenvalue weighted by Crippen LogP contribution is 3.05. The summed E-state index contributed by atoms with van der Waals surface area (Å²) in [6.07, 6.45) is -2.72. The SMILES string of the molecule is OC(Cc1cc(S(F)(F)(F)(F)F)cc(S(F)(F)(F)(F)F)c1)c1ccccc1. The molecule has 1 atom stereocenters. The Morgan fingerprint density at radius 2 is 1.07 bits per heavy atom. The lowest BCUT2D eigenvalue weighted by Crippen LogP contribution is -2.13. The first kappa shape index (κ1) is 21.7. The molecule has 0 saturated heterocycles. The van der Waals surface area contributed by atoms with Crippen molar-refractivity contribution in [3.05, 3.63) is 59.7 Å². The number of aliphatic hydroxyl groups is 1. The molecule has 1 unspecified atom stereocenters. The molecule has 0 amide bonds. The maximum atomic E-state index is 12.9. The van der Waals surface area contributed by atoms with Crippen molar-refractivity contribution in [3.63, 3.8) is 0 Å². The van der Waals surface area contributed by atoms with Crippen molar-refractivity contribution in [2.45, 2.75) is 22.3 Å². The lowest BCUT2D eigenvalue weighted by Gasteiger charge is -2.44. The van der Waals surface area contributed by atoms with E-state index in [0.717, 1.165) is 0 Å². The van der Waals surface area contributed by atoms with Gasteiger partial charge in [-0.2, -0.15) is 0 Å². The molecule has 0 bridgehead atoms. The molecule has 1 N–H and O–H groups in total. The first-order chi connectivity index (χ1) is 11.5. The van der Waals surface area contributed by atoms with Crippen LogP contribution in [-0.2, 0) is 6.42 Å². The van der Waals surface area contributed by atoms with E-state index in [9.17, 15) is 44.0 Å². The first-order valence-corrected chi connectivity index (χ1v) is 10.8. The Balaban J connectivity index is 2.66. The van der Waals surface area contributed by atoms with Crippen molar-refractivity contribution >= 4 is 20.4 Å². The fraction of sp³-hybridized carbons (Fsp3) is 0.143. The van der Waals surface area contributed by atoms with Crippen molar-refractivity contribution in [1.29, 1.82) is 0 Å². The number of benzene rings is 2. The summed E-state index contributed by atoms with van der Waals surface area (Å²) in [4.78, 5) is -6.20. The summed E-state index contributed by atoms with van der Waals surface area (Å²) in [6.45, 7) is 0. The fourth-order valence-corrected chi connectivity index (χ4v) is 3.73. The Kier molecular flexibility index (Phi) is 3.91. The molecule has 27 heavy (non-hydrogen) atoms. The van der Waals surface area contributed by atoms with Crippen molar-refractivity contribution in [3.8, 4) is 0 Å². The van der Waals surface area contributed by atoms with Gasteiger partial charge in [0.05, 0.1) is 6.10 Å². The predicted molar refractivity (Wildman–Crippen MR) is 84.3 cm³/mol. The van der Waals surface area contributed by atoms with Gasteiger partial charge in [-0.25, -0.2) is 0 Å². The Morgan fingerprint density at radius 3 is 1.44 bits per heavy atom. The normalized spacial score (nSPS) is 19.4. The van der Waals surface area contributed by atoms with Crippen molar-refractivity contribution < 1.29 is 44.0 Å². The van der Waals surface area contributed by atoms with E-state index in [1.165, 1.54) is 30.3 Å². The molecule has 0 aliphatic carbocycles. The van der Waals surface area contributed by atoms with Crippen molar-refractivity contribution in [2.75, 3.05) is 0 Å². The lowest BCUT2D eigenvalue weighted by atomic mass is 10.0. The number of halogens is 10. The summed E-state index contributed by atoms with van der Waals surface area (Å²) >= 11 is 0. The van der Waals surface area contributed by atoms with Crippen LogP contribution in [0.3, 0.4) is 0 Å². The summed E-state index contributed by atoms with van der Waals surface area (Å²) in [6, 6.07) is 4.81. The highest BCUT2D eigenvalue weighted by atomic mass is 32.5. The maximum absolute atomic E-state index is 12.9. The van der Waals surface area contributed by atoms with Crippen LogP contribution in [-0.4, -0.2) is 5.11 Å². The van der Waals surface area contributed by atoms with Gasteiger partial charge in [0.25, 0.3) is 0 Å². The minimum absolute atomic E-state index is 0.0455. The van der Waals surface area contributed by atoms with Gasteiger partial charge in [0.2, 0.25) is 0 Å². The fourth-order valence-electron chi connectivity index (χ4n) is 2.21. The van der Waals surface area contributed by atoms with E-state index in [-0.39, 0.29) is 17.7 Å². The molecule has 0 fully saturated rings. The highest BCUT2D eigenvalue weighted by Gasteiger charge is 2.69. The van der Waals surface area contributed by atoms with E-state index in [2.05, 4.69) is 0 Å². The molecule has 0 saturated carbocycles. The van der Waals surface area contributed by atoms with E-state index in [1.807, 2.05) is 0 Å². The van der Waals surface area contributed by atoms with Gasteiger partial charge in [0, 0.05) is 6.42 Å². The van der Waals surface area contributed by atoms with Crippen LogP contribution in [0, 0.1) is 0 Å². The minimum atomic E-state index is -10.7. The highest BCUT2D eigenvalue weighted by molar-refractivity contribution is 8.46. The molecule has 0 aliphatic heterocycles. The van der Waals surface area contributed by atoms with Gasteiger partial charge in [0.15, 0.2) is 0 Å². The van der Waals surface area contributed by atoms with Gasteiger partial charge in [-0.1, -0.05) is 69.2 Å². The Morgan fingerprint density at radius 1 is 0.667 bits per heavy atom. The topological polar surface area (TPSA) is 20.2 Å². The Hall–Kier alpha value is -1.60. The third-order valence-corrected chi connectivity index (χ3v) is 5.70. The van der Waals surface area contributed by atoms with Gasteiger partial charge in [-0.05, 0) is 29.3 Å². The smallest absolute Gasteiger partial charge is 0.310 e. The Labute approximate surface area is 147 Å². The number of hydrogen-bond acceptors (Lipinski definition) is 1. The molecule has 2 aromatic rings. The summed E-state index contributed by atoms with van der Waals surface area (Å²) in [7, 11) is -21.4. The molecule has 0 aliphatic rings. The number of hydrogen-bond donors (Lipinski definition) is 1. The van der Waals surface area contributed by atoms with Crippen LogP contribution in [0.2, 0.25) is 0 Å². The van der Waals surface area contributed by atoms with Crippen LogP contribution < -0.4 is 0 Å². The van der Waals surface area contributed by atoms with Crippen LogP contribution >= 0.6 is 20.4 Å².